The molecule has 7 nitrogen and oxygen atoms in total. The molecule has 1 heterocycles. The van der Waals surface area contributed by atoms with Gasteiger partial charge in [0.25, 0.3) is 5.69 Å². The molecule has 0 atom stereocenters. The van der Waals surface area contributed by atoms with Gasteiger partial charge in [-0.05, 0) is 34.0 Å². The van der Waals surface area contributed by atoms with Crippen LogP contribution in [-0.2, 0) is 0 Å². The molecule has 1 aromatic carbocycles. The zero-order valence-corrected chi connectivity index (χ0v) is 12.0. The second kappa shape index (κ2) is 4.96. The normalized spacial score (nSPS) is 10.9. The zero-order chi connectivity index (χ0) is 14.2. The third kappa shape index (κ3) is 2.43. The summed E-state index contributed by atoms with van der Waals surface area (Å²) in [4.78, 5) is 10.3. The summed E-state index contributed by atoms with van der Waals surface area (Å²) in [6, 6.07) is 4.66. The van der Waals surface area contributed by atoms with Crippen molar-refractivity contribution in [1.29, 1.82) is 0 Å². The number of nitro benzene ring substituents is 1. The fourth-order valence-corrected chi connectivity index (χ4v) is 2.32. The number of anilines is 1. The third-order valence-corrected chi connectivity index (χ3v) is 3.29. The quantitative estimate of drug-likeness (QED) is 0.690. The van der Waals surface area contributed by atoms with Gasteiger partial charge in [0.2, 0.25) is 0 Å². The molecule has 1 aromatic heterocycles. The van der Waals surface area contributed by atoms with E-state index < -0.39 is 4.92 Å². The molecule has 0 spiro atoms. The van der Waals surface area contributed by atoms with Crippen LogP contribution in [0.4, 0.5) is 11.5 Å². The van der Waals surface area contributed by atoms with Crippen LogP contribution in [0.25, 0.3) is 5.69 Å². The molecule has 2 rings (SSSR count). The van der Waals surface area contributed by atoms with E-state index in [1.54, 1.807) is 16.8 Å². The van der Waals surface area contributed by atoms with Gasteiger partial charge in [-0.1, -0.05) is 19.1 Å². The average molecular weight is 326 g/mol. The van der Waals surface area contributed by atoms with Crippen molar-refractivity contribution in [1.82, 2.24) is 15.0 Å². The Morgan fingerprint density at radius 2 is 2.16 bits per heavy atom. The SMILES string of the molecule is CC(C)c1c(N)nnn1-c1ccc([N+](=O)[O-])c(Br)c1. The molecule has 8 heteroatoms. The van der Waals surface area contributed by atoms with Crippen molar-refractivity contribution >= 4 is 27.4 Å². The molecule has 100 valence electrons. The van der Waals surface area contributed by atoms with Crippen LogP contribution >= 0.6 is 15.9 Å². The zero-order valence-electron chi connectivity index (χ0n) is 10.4. The average Bonchev–Trinajstić information content (AvgIpc) is 2.70. The smallest absolute Gasteiger partial charge is 0.283 e. The van der Waals surface area contributed by atoms with Crippen molar-refractivity contribution in [3.8, 4) is 5.69 Å². The summed E-state index contributed by atoms with van der Waals surface area (Å²) in [6.07, 6.45) is 0. The second-order valence-electron chi connectivity index (χ2n) is 4.32. The molecule has 0 aliphatic heterocycles. The lowest BCUT2D eigenvalue weighted by Gasteiger charge is -2.09. The first kappa shape index (κ1) is 13.5. The molecule has 2 N–H and O–H groups in total. The highest BCUT2D eigenvalue weighted by molar-refractivity contribution is 9.10. The van der Waals surface area contributed by atoms with Crippen LogP contribution in [0.15, 0.2) is 22.7 Å². The molecule has 0 unspecified atom stereocenters. The predicted octanol–water partition coefficient (Wildman–Crippen LogP) is 2.64. The number of hydrogen-bond donors (Lipinski definition) is 1. The molecule has 0 bridgehead atoms. The lowest BCUT2D eigenvalue weighted by molar-refractivity contribution is -0.385. The van der Waals surface area contributed by atoms with E-state index in [9.17, 15) is 10.1 Å². The highest BCUT2D eigenvalue weighted by atomic mass is 79.9. The summed E-state index contributed by atoms with van der Waals surface area (Å²) in [5.74, 6) is 0.508. The predicted molar refractivity (Wildman–Crippen MR) is 74.2 cm³/mol. The number of nitrogen functional groups attached to an aromatic ring is 1. The van der Waals surface area contributed by atoms with Crippen LogP contribution in [0.1, 0.15) is 25.5 Å². The van der Waals surface area contributed by atoms with Crippen LogP contribution in [0.5, 0.6) is 0 Å². The van der Waals surface area contributed by atoms with Crippen LogP contribution in [0, 0.1) is 10.1 Å². The molecule has 0 aliphatic rings. The molecule has 19 heavy (non-hydrogen) atoms. The largest absolute Gasteiger partial charge is 0.381 e. The Morgan fingerprint density at radius 3 is 2.68 bits per heavy atom. The summed E-state index contributed by atoms with van der Waals surface area (Å²) in [5, 5.41) is 18.6. The molecule has 0 aliphatic carbocycles. The molecule has 0 saturated carbocycles. The number of nitrogens with two attached hydrogens (primary N) is 1. The fourth-order valence-electron chi connectivity index (χ4n) is 1.81. The number of rotatable bonds is 3. The highest BCUT2D eigenvalue weighted by Gasteiger charge is 2.18. The number of nitro groups is 1. The van der Waals surface area contributed by atoms with Gasteiger partial charge >= 0.3 is 0 Å². The van der Waals surface area contributed by atoms with Crippen molar-refractivity contribution in [2.24, 2.45) is 0 Å². The molecule has 0 fully saturated rings. The Bertz CT molecular complexity index is 638. The number of hydrogen-bond acceptors (Lipinski definition) is 5. The van der Waals surface area contributed by atoms with E-state index in [4.69, 9.17) is 5.73 Å². The molecule has 0 radical (unpaired) electrons. The first-order chi connectivity index (χ1) is 8.91. The van der Waals surface area contributed by atoms with Crippen molar-refractivity contribution in [2.75, 3.05) is 5.73 Å². The van der Waals surface area contributed by atoms with Crippen molar-refractivity contribution in [2.45, 2.75) is 19.8 Å². The molecular formula is C11H12BrN5O2. The van der Waals surface area contributed by atoms with Crippen LogP contribution in [-0.4, -0.2) is 19.9 Å². The van der Waals surface area contributed by atoms with Gasteiger partial charge < -0.3 is 5.73 Å². The molecular weight excluding hydrogens is 314 g/mol. The minimum Gasteiger partial charge on any atom is -0.381 e. The van der Waals surface area contributed by atoms with Crippen LogP contribution in [0.3, 0.4) is 0 Å². The summed E-state index contributed by atoms with van der Waals surface area (Å²) >= 11 is 3.18. The lowest BCUT2D eigenvalue weighted by Crippen LogP contribution is -2.05. The van der Waals surface area contributed by atoms with Gasteiger partial charge in [0.15, 0.2) is 5.82 Å². The first-order valence-electron chi connectivity index (χ1n) is 5.57. The maximum absolute atomic E-state index is 10.8. The van der Waals surface area contributed by atoms with E-state index in [2.05, 4.69) is 26.2 Å². The van der Waals surface area contributed by atoms with E-state index in [-0.39, 0.29) is 11.6 Å². The second-order valence-corrected chi connectivity index (χ2v) is 5.17. The molecule has 0 amide bonds. The summed E-state index contributed by atoms with van der Waals surface area (Å²) in [7, 11) is 0. The van der Waals surface area contributed by atoms with E-state index in [1.165, 1.54) is 6.07 Å². The first-order valence-corrected chi connectivity index (χ1v) is 6.36. The van der Waals surface area contributed by atoms with Gasteiger partial charge in [0, 0.05) is 6.07 Å². The minimum atomic E-state index is -0.451. The van der Waals surface area contributed by atoms with Crippen LogP contribution < -0.4 is 5.73 Å². The lowest BCUT2D eigenvalue weighted by atomic mass is 10.1. The Balaban J connectivity index is 2.54. The summed E-state index contributed by atoms with van der Waals surface area (Å²) in [6.45, 7) is 3.96. The highest BCUT2D eigenvalue weighted by Crippen LogP contribution is 2.29. The van der Waals surface area contributed by atoms with Gasteiger partial charge in [-0.3, -0.25) is 10.1 Å². The Labute approximate surface area is 117 Å². The monoisotopic (exact) mass is 325 g/mol. The number of halogens is 1. The van der Waals surface area contributed by atoms with E-state index in [0.717, 1.165) is 5.69 Å². The Morgan fingerprint density at radius 1 is 1.47 bits per heavy atom. The summed E-state index contributed by atoms with van der Waals surface area (Å²) in [5.41, 5.74) is 7.23. The standard InChI is InChI=1S/C11H12BrN5O2/c1-6(2)10-11(13)14-15-16(10)7-3-4-9(17(18)19)8(12)5-7/h3-6H,13H2,1-2H3. The third-order valence-electron chi connectivity index (χ3n) is 2.65. The Kier molecular flexibility index (Phi) is 3.52. The number of aromatic nitrogens is 3. The fraction of sp³-hybridized carbons (Fsp3) is 0.273. The molecule has 0 saturated heterocycles. The topological polar surface area (TPSA) is 99.9 Å². The maximum atomic E-state index is 10.8. The van der Waals surface area contributed by atoms with E-state index in [0.29, 0.717) is 16.0 Å². The number of nitrogens with zero attached hydrogens (tertiary/aromatic N) is 4. The van der Waals surface area contributed by atoms with Gasteiger partial charge in [0.1, 0.15) is 0 Å². The van der Waals surface area contributed by atoms with Crippen molar-refractivity contribution in [3.63, 3.8) is 0 Å². The van der Waals surface area contributed by atoms with Gasteiger partial charge in [0.05, 0.1) is 20.8 Å². The maximum Gasteiger partial charge on any atom is 0.283 e. The number of benzene rings is 1. The minimum absolute atomic E-state index is 0.00272. The van der Waals surface area contributed by atoms with Gasteiger partial charge in [-0.2, -0.15) is 0 Å². The van der Waals surface area contributed by atoms with Crippen molar-refractivity contribution in [3.05, 3.63) is 38.5 Å². The van der Waals surface area contributed by atoms with Gasteiger partial charge in [-0.15, -0.1) is 5.10 Å². The van der Waals surface area contributed by atoms with Crippen LogP contribution in [0.2, 0.25) is 0 Å². The Hall–Kier alpha value is -1.96. The van der Waals surface area contributed by atoms with E-state index >= 15 is 0 Å². The molecule has 2 aromatic rings. The van der Waals surface area contributed by atoms with E-state index in [1.807, 2.05) is 13.8 Å². The summed E-state index contributed by atoms with van der Waals surface area (Å²) < 4.78 is 1.98. The van der Waals surface area contributed by atoms with Crippen molar-refractivity contribution < 1.29 is 4.92 Å². The van der Waals surface area contributed by atoms with Gasteiger partial charge in [-0.25, -0.2) is 4.68 Å².